The van der Waals surface area contributed by atoms with Gasteiger partial charge in [-0.25, -0.2) is 4.39 Å². The zero-order valence-corrected chi connectivity index (χ0v) is 7.70. The van der Waals surface area contributed by atoms with Crippen LogP contribution in [0.15, 0.2) is 12.1 Å². The summed E-state index contributed by atoms with van der Waals surface area (Å²) in [4.78, 5) is 0. The van der Waals surface area contributed by atoms with Crippen LogP contribution in [0.25, 0.3) is 0 Å². The van der Waals surface area contributed by atoms with Gasteiger partial charge in [-0.3, -0.25) is 0 Å². The van der Waals surface area contributed by atoms with Crippen LogP contribution in [0.5, 0.6) is 11.5 Å². The average Bonchev–Trinajstić information content (AvgIpc) is 2.19. The van der Waals surface area contributed by atoms with E-state index < -0.39 is 11.9 Å². The second kappa shape index (κ2) is 4.26. The van der Waals surface area contributed by atoms with Gasteiger partial charge in [-0.05, 0) is 6.07 Å². The van der Waals surface area contributed by atoms with E-state index in [1.54, 1.807) is 0 Å². The fourth-order valence-corrected chi connectivity index (χ4v) is 1.13. The molecule has 1 aromatic rings. The molecule has 0 aromatic heterocycles. The lowest BCUT2D eigenvalue weighted by atomic mass is 10.1. The summed E-state index contributed by atoms with van der Waals surface area (Å²) in [6, 6.07) is 2.05. The Balaban J connectivity index is 3.21. The van der Waals surface area contributed by atoms with E-state index >= 15 is 0 Å². The van der Waals surface area contributed by atoms with Crippen molar-refractivity contribution in [1.29, 1.82) is 0 Å². The Labute approximate surface area is 80.7 Å². The highest BCUT2D eigenvalue weighted by molar-refractivity contribution is 5.47. The molecule has 0 bridgehead atoms. The molecule has 0 amide bonds. The number of benzene rings is 1. The van der Waals surface area contributed by atoms with E-state index in [2.05, 4.69) is 0 Å². The van der Waals surface area contributed by atoms with Crippen LogP contribution >= 0.6 is 0 Å². The predicted octanol–water partition coefficient (Wildman–Crippen LogP) is 0.532. The molecule has 0 fully saturated rings. The van der Waals surface area contributed by atoms with Crippen LogP contribution in [0, 0.1) is 5.82 Å². The Morgan fingerprint density at radius 3 is 2.71 bits per heavy atom. The van der Waals surface area contributed by atoms with Crippen molar-refractivity contribution in [1.82, 2.24) is 0 Å². The molecule has 1 atom stereocenters. The highest BCUT2D eigenvalue weighted by Gasteiger charge is 2.16. The molecule has 1 aromatic carbocycles. The third kappa shape index (κ3) is 1.94. The van der Waals surface area contributed by atoms with Gasteiger partial charge in [0, 0.05) is 18.2 Å². The van der Waals surface area contributed by atoms with E-state index in [-0.39, 0.29) is 23.6 Å². The summed E-state index contributed by atoms with van der Waals surface area (Å²) in [5, 5.41) is 18.9. The number of phenolic OH excluding ortho intramolecular Hbond substituents is 1. The fraction of sp³-hybridized carbons (Fsp3) is 0.333. The lowest BCUT2D eigenvalue weighted by molar-refractivity contribution is 0.181. The Morgan fingerprint density at radius 1 is 1.57 bits per heavy atom. The minimum Gasteiger partial charge on any atom is -0.504 e. The molecule has 1 rings (SSSR count). The third-order valence-electron chi connectivity index (χ3n) is 1.87. The van der Waals surface area contributed by atoms with Crippen LogP contribution in [0.2, 0.25) is 0 Å². The van der Waals surface area contributed by atoms with Gasteiger partial charge in [-0.15, -0.1) is 0 Å². The van der Waals surface area contributed by atoms with Gasteiger partial charge in [0.15, 0.2) is 11.5 Å². The van der Waals surface area contributed by atoms with Gasteiger partial charge in [0.25, 0.3) is 0 Å². The van der Waals surface area contributed by atoms with Gasteiger partial charge < -0.3 is 20.7 Å². The molecule has 14 heavy (non-hydrogen) atoms. The van der Waals surface area contributed by atoms with E-state index in [1.807, 2.05) is 0 Å². The first kappa shape index (κ1) is 10.7. The van der Waals surface area contributed by atoms with Crippen molar-refractivity contribution in [3.8, 4) is 11.5 Å². The molecule has 0 saturated heterocycles. The topological polar surface area (TPSA) is 75.7 Å². The second-order valence-electron chi connectivity index (χ2n) is 2.80. The molecule has 5 heteroatoms. The second-order valence-corrected chi connectivity index (χ2v) is 2.80. The van der Waals surface area contributed by atoms with Crippen molar-refractivity contribution < 1.29 is 19.3 Å². The molecule has 0 aliphatic heterocycles. The first-order valence-corrected chi connectivity index (χ1v) is 4.04. The number of halogens is 1. The minimum atomic E-state index is -1.10. The zero-order chi connectivity index (χ0) is 10.7. The van der Waals surface area contributed by atoms with Crippen LogP contribution in [0.1, 0.15) is 11.7 Å². The Bertz CT molecular complexity index is 330. The standard InChI is InChI=1S/C9H12FNO3/c1-14-8-3-5(10)2-6(9(8)13)7(12)4-11/h2-3,7,12-13H,4,11H2,1H3. The normalized spacial score (nSPS) is 12.6. The number of hydrogen-bond acceptors (Lipinski definition) is 4. The monoisotopic (exact) mass is 201 g/mol. The Kier molecular flexibility index (Phi) is 3.27. The maximum atomic E-state index is 12.9. The number of nitrogens with two attached hydrogens (primary N) is 1. The van der Waals surface area contributed by atoms with Gasteiger partial charge in [0.05, 0.1) is 13.2 Å². The first-order valence-electron chi connectivity index (χ1n) is 4.04. The van der Waals surface area contributed by atoms with Crippen LogP contribution < -0.4 is 10.5 Å². The van der Waals surface area contributed by atoms with Crippen LogP contribution in [0.3, 0.4) is 0 Å². The van der Waals surface area contributed by atoms with E-state index in [9.17, 15) is 14.6 Å². The number of hydrogen-bond donors (Lipinski definition) is 3. The first-order chi connectivity index (χ1) is 6.60. The van der Waals surface area contributed by atoms with Crippen molar-refractivity contribution in [2.24, 2.45) is 5.73 Å². The highest BCUT2D eigenvalue weighted by atomic mass is 19.1. The van der Waals surface area contributed by atoms with Gasteiger partial charge in [-0.1, -0.05) is 0 Å². The van der Waals surface area contributed by atoms with E-state index in [1.165, 1.54) is 7.11 Å². The molecule has 4 nitrogen and oxygen atoms in total. The molecular weight excluding hydrogens is 189 g/mol. The lowest BCUT2D eigenvalue weighted by Crippen LogP contribution is -2.12. The summed E-state index contributed by atoms with van der Waals surface area (Å²) in [5.74, 6) is -0.901. The summed E-state index contributed by atoms with van der Waals surface area (Å²) >= 11 is 0. The summed E-state index contributed by atoms with van der Waals surface area (Å²) in [5.41, 5.74) is 5.22. The van der Waals surface area contributed by atoms with Gasteiger partial charge in [0.1, 0.15) is 5.82 Å². The summed E-state index contributed by atoms with van der Waals surface area (Å²) in [6.07, 6.45) is -1.10. The van der Waals surface area contributed by atoms with Gasteiger partial charge in [0.2, 0.25) is 0 Å². The number of aliphatic hydroxyl groups is 1. The summed E-state index contributed by atoms with van der Waals surface area (Å²) in [7, 11) is 1.30. The molecule has 0 aliphatic rings. The summed E-state index contributed by atoms with van der Waals surface area (Å²) in [6.45, 7) is -0.0971. The molecule has 0 aliphatic carbocycles. The smallest absolute Gasteiger partial charge is 0.163 e. The highest BCUT2D eigenvalue weighted by Crippen LogP contribution is 2.34. The van der Waals surface area contributed by atoms with Crippen LogP contribution in [0.4, 0.5) is 4.39 Å². The minimum absolute atomic E-state index is 0.0208. The quantitative estimate of drug-likeness (QED) is 0.666. The molecule has 0 spiro atoms. The van der Waals surface area contributed by atoms with Crippen molar-refractivity contribution in [2.45, 2.75) is 6.10 Å². The number of rotatable bonds is 3. The molecule has 0 saturated carbocycles. The Hall–Kier alpha value is -1.33. The number of methoxy groups -OCH3 is 1. The van der Waals surface area contributed by atoms with E-state index in [0.717, 1.165) is 12.1 Å². The van der Waals surface area contributed by atoms with E-state index in [0.29, 0.717) is 0 Å². The van der Waals surface area contributed by atoms with Crippen molar-refractivity contribution >= 4 is 0 Å². The zero-order valence-electron chi connectivity index (χ0n) is 7.70. The van der Waals surface area contributed by atoms with Gasteiger partial charge >= 0.3 is 0 Å². The maximum Gasteiger partial charge on any atom is 0.163 e. The van der Waals surface area contributed by atoms with Crippen molar-refractivity contribution in [2.75, 3.05) is 13.7 Å². The van der Waals surface area contributed by atoms with Crippen LogP contribution in [-0.2, 0) is 0 Å². The van der Waals surface area contributed by atoms with Crippen molar-refractivity contribution in [3.05, 3.63) is 23.5 Å². The molecular formula is C9H12FNO3. The molecule has 0 radical (unpaired) electrons. The molecule has 78 valence electrons. The molecule has 4 N–H and O–H groups in total. The third-order valence-corrected chi connectivity index (χ3v) is 1.87. The summed E-state index contributed by atoms with van der Waals surface area (Å²) < 4.78 is 17.7. The Morgan fingerprint density at radius 2 is 2.21 bits per heavy atom. The lowest BCUT2D eigenvalue weighted by Gasteiger charge is -2.12. The molecule has 1 unspecified atom stereocenters. The largest absolute Gasteiger partial charge is 0.504 e. The van der Waals surface area contributed by atoms with Crippen LogP contribution in [-0.4, -0.2) is 23.9 Å². The number of ether oxygens (including phenoxy) is 1. The fourth-order valence-electron chi connectivity index (χ4n) is 1.13. The number of aromatic hydroxyl groups is 1. The predicted molar refractivity (Wildman–Crippen MR) is 48.6 cm³/mol. The SMILES string of the molecule is COc1cc(F)cc(C(O)CN)c1O. The molecule has 0 heterocycles. The van der Waals surface area contributed by atoms with Crippen molar-refractivity contribution in [3.63, 3.8) is 0 Å². The van der Waals surface area contributed by atoms with E-state index in [4.69, 9.17) is 10.5 Å². The average molecular weight is 201 g/mol. The number of phenols is 1. The maximum absolute atomic E-state index is 12.9. The van der Waals surface area contributed by atoms with Gasteiger partial charge in [-0.2, -0.15) is 0 Å². The number of aliphatic hydroxyl groups excluding tert-OH is 1.